The maximum Gasteiger partial charge on any atom is 0.247 e. The molecule has 0 aliphatic carbocycles. The summed E-state index contributed by atoms with van der Waals surface area (Å²) in [4.78, 5) is 24.1. The van der Waals surface area contributed by atoms with Gasteiger partial charge in [0.2, 0.25) is 11.8 Å². The zero-order chi connectivity index (χ0) is 17.6. The van der Waals surface area contributed by atoms with Crippen molar-refractivity contribution in [3.05, 3.63) is 59.7 Å². The molecular formula is C20H22N2O3. The summed E-state index contributed by atoms with van der Waals surface area (Å²) in [6.07, 6.45) is 3.41. The van der Waals surface area contributed by atoms with Crippen LogP contribution in [0, 0.1) is 0 Å². The van der Waals surface area contributed by atoms with Crippen LogP contribution in [0.1, 0.15) is 36.8 Å². The van der Waals surface area contributed by atoms with Crippen LogP contribution in [0.5, 0.6) is 5.75 Å². The lowest BCUT2D eigenvalue weighted by atomic mass is 10.0. The third kappa shape index (κ3) is 4.59. The summed E-state index contributed by atoms with van der Waals surface area (Å²) in [5.74, 6) is -0.368. The summed E-state index contributed by atoms with van der Waals surface area (Å²) >= 11 is 0. The lowest BCUT2D eigenvalue weighted by Crippen LogP contribution is -2.42. The van der Waals surface area contributed by atoms with E-state index in [4.69, 9.17) is 0 Å². The number of benzene rings is 2. The first-order chi connectivity index (χ1) is 12.1. The molecule has 0 saturated carbocycles. The molecule has 3 rings (SSSR count). The molecule has 1 saturated heterocycles. The van der Waals surface area contributed by atoms with Crippen LogP contribution in [0.2, 0.25) is 0 Å². The molecule has 0 unspecified atom stereocenters. The van der Waals surface area contributed by atoms with Gasteiger partial charge in [0.25, 0.3) is 0 Å². The number of phenolic OH excluding ortho intramolecular Hbond substituents is 1. The predicted octanol–water partition coefficient (Wildman–Crippen LogP) is 2.98. The maximum absolute atomic E-state index is 12.5. The average Bonchev–Trinajstić information content (AvgIpc) is 2.83. The van der Waals surface area contributed by atoms with Gasteiger partial charge in [-0.3, -0.25) is 9.59 Å². The minimum absolute atomic E-state index is 0.0186. The van der Waals surface area contributed by atoms with Gasteiger partial charge >= 0.3 is 0 Å². The number of carbonyl (C=O) groups is 2. The fourth-order valence-corrected chi connectivity index (χ4v) is 3.01. The molecule has 0 aromatic heterocycles. The zero-order valence-electron chi connectivity index (χ0n) is 14.0. The Bertz CT molecular complexity index is 759. The largest absolute Gasteiger partial charge is 0.506 e. The van der Waals surface area contributed by atoms with Gasteiger partial charge in [-0.05, 0) is 42.5 Å². The van der Waals surface area contributed by atoms with Crippen LogP contribution in [0.25, 0.3) is 0 Å². The number of phenols is 1. The lowest BCUT2D eigenvalue weighted by Gasteiger charge is -2.17. The number of rotatable bonds is 4. The van der Waals surface area contributed by atoms with Gasteiger partial charge in [0.1, 0.15) is 11.8 Å². The highest BCUT2D eigenvalue weighted by Gasteiger charge is 2.23. The van der Waals surface area contributed by atoms with Crippen LogP contribution < -0.4 is 10.6 Å². The lowest BCUT2D eigenvalue weighted by molar-refractivity contribution is -0.126. The SMILES string of the molecule is O=C1CCCC[C@H](C(=O)Nc2cc(Cc3ccccc3)ccc2O)N1. The Kier molecular flexibility index (Phi) is 5.33. The van der Waals surface area contributed by atoms with E-state index in [0.29, 0.717) is 24.9 Å². The molecule has 25 heavy (non-hydrogen) atoms. The van der Waals surface area contributed by atoms with E-state index in [1.165, 1.54) is 0 Å². The molecule has 0 radical (unpaired) electrons. The van der Waals surface area contributed by atoms with Crippen LogP contribution in [-0.4, -0.2) is 23.0 Å². The minimum atomic E-state index is -0.549. The number of hydrogen-bond acceptors (Lipinski definition) is 3. The summed E-state index contributed by atoms with van der Waals surface area (Å²) in [7, 11) is 0. The summed E-state index contributed by atoms with van der Waals surface area (Å²) in [5.41, 5.74) is 2.52. The molecule has 2 amide bonds. The van der Waals surface area contributed by atoms with E-state index in [1.54, 1.807) is 12.1 Å². The fourth-order valence-electron chi connectivity index (χ4n) is 3.01. The molecule has 1 aliphatic heterocycles. The Balaban J connectivity index is 1.72. The van der Waals surface area contributed by atoms with Crippen molar-refractivity contribution in [2.24, 2.45) is 0 Å². The maximum atomic E-state index is 12.5. The molecule has 2 aromatic rings. The molecular weight excluding hydrogens is 316 g/mol. The van der Waals surface area contributed by atoms with Crippen molar-refractivity contribution < 1.29 is 14.7 Å². The number of aromatic hydroxyl groups is 1. The van der Waals surface area contributed by atoms with Crippen molar-refractivity contribution in [3.63, 3.8) is 0 Å². The van der Waals surface area contributed by atoms with Crippen LogP contribution in [0.15, 0.2) is 48.5 Å². The van der Waals surface area contributed by atoms with E-state index in [2.05, 4.69) is 10.6 Å². The molecule has 5 nitrogen and oxygen atoms in total. The monoisotopic (exact) mass is 338 g/mol. The quantitative estimate of drug-likeness (QED) is 0.750. The summed E-state index contributed by atoms with van der Waals surface area (Å²) < 4.78 is 0. The van der Waals surface area contributed by atoms with E-state index in [1.807, 2.05) is 36.4 Å². The minimum Gasteiger partial charge on any atom is -0.506 e. The zero-order valence-corrected chi connectivity index (χ0v) is 14.0. The first-order valence-electron chi connectivity index (χ1n) is 8.58. The first kappa shape index (κ1) is 17.0. The Morgan fingerprint density at radius 2 is 1.92 bits per heavy atom. The first-order valence-corrected chi connectivity index (χ1v) is 8.58. The van der Waals surface area contributed by atoms with Crippen molar-refractivity contribution in [2.75, 3.05) is 5.32 Å². The number of hydrogen-bond donors (Lipinski definition) is 3. The van der Waals surface area contributed by atoms with E-state index >= 15 is 0 Å². The van der Waals surface area contributed by atoms with Crippen molar-refractivity contribution in [1.82, 2.24) is 5.32 Å². The Hall–Kier alpha value is -2.82. The van der Waals surface area contributed by atoms with E-state index in [0.717, 1.165) is 24.0 Å². The van der Waals surface area contributed by atoms with E-state index < -0.39 is 6.04 Å². The number of amides is 2. The normalized spacial score (nSPS) is 17.4. The molecule has 0 spiro atoms. The molecule has 0 bridgehead atoms. The van der Waals surface area contributed by atoms with Gasteiger partial charge in [-0.25, -0.2) is 0 Å². The molecule has 1 heterocycles. The average molecular weight is 338 g/mol. The fraction of sp³-hybridized carbons (Fsp3) is 0.300. The Morgan fingerprint density at radius 1 is 1.12 bits per heavy atom. The highest BCUT2D eigenvalue weighted by atomic mass is 16.3. The van der Waals surface area contributed by atoms with Gasteiger partial charge < -0.3 is 15.7 Å². The van der Waals surface area contributed by atoms with Gasteiger partial charge in [-0.1, -0.05) is 42.8 Å². The van der Waals surface area contributed by atoms with Crippen molar-refractivity contribution >= 4 is 17.5 Å². The Labute approximate surface area is 147 Å². The number of carbonyl (C=O) groups excluding carboxylic acids is 2. The molecule has 2 aromatic carbocycles. The van der Waals surface area contributed by atoms with Crippen molar-refractivity contribution in [3.8, 4) is 5.75 Å². The second-order valence-electron chi connectivity index (χ2n) is 6.37. The van der Waals surface area contributed by atoms with Gasteiger partial charge in [0.15, 0.2) is 0 Å². The molecule has 1 aliphatic rings. The molecule has 1 fully saturated rings. The molecule has 3 N–H and O–H groups in total. The molecule has 1 atom stereocenters. The third-order valence-corrected chi connectivity index (χ3v) is 4.37. The second-order valence-corrected chi connectivity index (χ2v) is 6.37. The predicted molar refractivity (Wildman–Crippen MR) is 96.4 cm³/mol. The van der Waals surface area contributed by atoms with Gasteiger partial charge in [-0.15, -0.1) is 0 Å². The standard InChI is InChI=1S/C20H22N2O3/c23-18-11-10-15(12-14-6-2-1-3-7-14)13-17(18)22-20(25)16-8-4-5-9-19(24)21-16/h1-3,6-7,10-11,13,16,23H,4-5,8-9,12H2,(H,21,24)(H,22,25)/t16-/m1/s1. The summed E-state index contributed by atoms with van der Waals surface area (Å²) in [6.45, 7) is 0. The van der Waals surface area contributed by atoms with Gasteiger partial charge in [-0.2, -0.15) is 0 Å². The van der Waals surface area contributed by atoms with Crippen LogP contribution in [0.3, 0.4) is 0 Å². The van der Waals surface area contributed by atoms with Crippen LogP contribution >= 0.6 is 0 Å². The Morgan fingerprint density at radius 3 is 2.72 bits per heavy atom. The molecule has 130 valence electrons. The highest BCUT2D eigenvalue weighted by Crippen LogP contribution is 2.26. The van der Waals surface area contributed by atoms with Crippen LogP contribution in [-0.2, 0) is 16.0 Å². The third-order valence-electron chi connectivity index (χ3n) is 4.37. The topological polar surface area (TPSA) is 78.4 Å². The van der Waals surface area contributed by atoms with Crippen molar-refractivity contribution in [2.45, 2.75) is 38.1 Å². The van der Waals surface area contributed by atoms with Gasteiger partial charge in [0, 0.05) is 6.42 Å². The smallest absolute Gasteiger partial charge is 0.247 e. The molecule has 5 heteroatoms. The van der Waals surface area contributed by atoms with Crippen molar-refractivity contribution in [1.29, 1.82) is 0 Å². The number of anilines is 1. The van der Waals surface area contributed by atoms with E-state index in [-0.39, 0.29) is 17.6 Å². The summed E-state index contributed by atoms with van der Waals surface area (Å²) in [5, 5.41) is 15.5. The summed E-state index contributed by atoms with van der Waals surface area (Å²) in [6, 6.07) is 14.6. The van der Waals surface area contributed by atoms with Gasteiger partial charge in [0.05, 0.1) is 5.69 Å². The highest BCUT2D eigenvalue weighted by molar-refractivity contribution is 5.98. The van der Waals surface area contributed by atoms with E-state index in [9.17, 15) is 14.7 Å². The number of nitrogens with one attached hydrogen (secondary N) is 2. The second kappa shape index (κ2) is 7.83. The van der Waals surface area contributed by atoms with Crippen LogP contribution in [0.4, 0.5) is 5.69 Å².